The van der Waals surface area contributed by atoms with Crippen LogP contribution in [0, 0.1) is 11.8 Å². The smallest absolute Gasteiger partial charge is 0.264 e. The summed E-state index contributed by atoms with van der Waals surface area (Å²) in [5, 5.41) is 5.92. The second-order valence-electron chi connectivity index (χ2n) is 8.16. The monoisotopic (exact) mass is 408 g/mol. The second-order valence-corrected chi connectivity index (χ2v) is 8.16. The molecule has 5 rings (SSSR count). The van der Waals surface area contributed by atoms with Gasteiger partial charge in [-0.2, -0.15) is 5.10 Å². The molecule has 0 fully saturated rings. The standard InChI is InChI=1S/C26H24N4O/c1-17(27)25-22-10-6-7-19-13-14-20(12-11-18-15-28-29(2)16-18)24(23(19)22)26(31)30(25)21-8-4-3-5-9-21/h3-5,8-9,13-17H,6-7,10,27H2,1-2H3. The van der Waals surface area contributed by atoms with E-state index in [4.69, 9.17) is 5.73 Å². The highest BCUT2D eigenvalue weighted by atomic mass is 16.1. The fourth-order valence-electron chi connectivity index (χ4n) is 4.66. The van der Waals surface area contributed by atoms with Crippen molar-refractivity contribution in [3.8, 4) is 17.5 Å². The first-order valence-corrected chi connectivity index (χ1v) is 10.6. The van der Waals surface area contributed by atoms with Crippen LogP contribution in [0.1, 0.15) is 47.3 Å². The van der Waals surface area contributed by atoms with E-state index < -0.39 is 0 Å². The minimum absolute atomic E-state index is 0.0588. The van der Waals surface area contributed by atoms with Crippen LogP contribution in [-0.2, 0) is 19.9 Å². The fourth-order valence-corrected chi connectivity index (χ4v) is 4.66. The maximum Gasteiger partial charge on any atom is 0.264 e. The van der Waals surface area contributed by atoms with Gasteiger partial charge in [-0.25, -0.2) is 0 Å². The van der Waals surface area contributed by atoms with Crippen LogP contribution < -0.4 is 11.3 Å². The van der Waals surface area contributed by atoms with Gasteiger partial charge in [0.05, 0.1) is 17.1 Å². The molecule has 0 spiro atoms. The summed E-state index contributed by atoms with van der Waals surface area (Å²) in [4.78, 5) is 14.0. The molecule has 1 atom stereocenters. The maximum atomic E-state index is 14.0. The Morgan fingerprint density at radius 3 is 2.58 bits per heavy atom. The quantitative estimate of drug-likeness (QED) is 0.515. The molecule has 5 heteroatoms. The fraction of sp³-hybridized carbons (Fsp3) is 0.231. The zero-order chi connectivity index (χ0) is 21.5. The molecule has 1 aliphatic rings. The number of benzene rings is 2. The maximum absolute atomic E-state index is 14.0. The van der Waals surface area contributed by atoms with E-state index in [-0.39, 0.29) is 11.6 Å². The molecule has 0 saturated heterocycles. The molecule has 2 heterocycles. The lowest BCUT2D eigenvalue weighted by Gasteiger charge is -2.26. The van der Waals surface area contributed by atoms with Crippen LogP contribution in [0.5, 0.6) is 0 Å². The lowest BCUT2D eigenvalue weighted by Crippen LogP contribution is -2.29. The summed E-state index contributed by atoms with van der Waals surface area (Å²) < 4.78 is 3.52. The Kier molecular flexibility index (Phi) is 4.72. The van der Waals surface area contributed by atoms with E-state index in [1.165, 1.54) is 11.1 Å². The highest BCUT2D eigenvalue weighted by Gasteiger charge is 2.25. The molecule has 1 aliphatic carbocycles. The highest BCUT2D eigenvalue weighted by molar-refractivity contribution is 5.94. The summed E-state index contributed by atoms with van der Waals surface area (Å²) in [6, 6.07) is 13.6. The van der Waals surface area contributed by atoms with Crippen molar-refractivity contribution < 1.29 is 0 Å². The first kappa shape index (κ1) is 19.3. The number of hydrogen-bond donors (Lipinski definition) is 1. The minimum Gasteiger partial charge on any atom is -0.323 e. The first-order chi connectivity index (χ1) is 15.0. The lowest BCUT2D eigenvalue weighted by molar-refractivity contribution is 0.695. The van der Waals surface area contributed by atoms with Crippen molar-refractivity contribution in [1.82, 2.24) is 14.3 Å². The third kappa shape index (κ3) is 3.26. The van der Waals surface area contributed by atoms with Gasteiger partial charge in [0, 0.05) is 36.2 Å². The molecule has 0 saturated carbocycles. The van der Waals surface area contributed by atoms with Crippen molar-refractivity contribution in [1.29, 1.82) is 0 Å². The van der Waals surface area contributed by atoms with E-state index in [1.54, 1.807) is 15.4 Å². The van der Waals surface area contributed by atoms with Crippen molar-refractivity contribution in [2.75, 3.05) is 0 Å². The molecular formula is C26H24N4O. The Morgan fingerprint density at radius 1 is 1.06 bits per heavy atom. The lowest BCUT2D eigenvalue weighted by atomic mass is 9.85. The van der Waals surface area contributed by atoms with E-state index >= 15 is 0 Å². The van der Waals surface area contributed by atoms with Gasteiger partial charge in [-0.1, -0.05) is 36.1 Å². The molecule has 5 nitrogen and oxygen atoms in total. The summed E-state index contributed by atoms with van der Waals surface area (Å²) in [6.07, 6.45) is 6.53. The largest absolute Gasteiger partial charge is 0.323 e. The zero-order valence-corrected chi connectivity index (χ0v) is 17.7. The number of rotatable bonds is 2. The summed E-state index contributed by atoms with van der Waals surface area (Å²) in [5.74, 6) is 6.41. The Labute approximate surface area is 181 Å². The number of para-hydroxylation sites is 1. The highest BCUT2D eigenvalue weighted by Crippen LogP contribution is 2.34. The first-order valence-electron chi connectivity index (χ1n) is 10.6. The number of aryl methyl sites for hydroxylation is 3. The average Bonchev–Trinajstić information content (AvgIpc) is 3.20. The van der Waals surface area contributed by atoms with Crippen LogP contribution in [0.2, 0.25) is 0 Å². The molecule has 0 amide bonds. The van der Waals surface area contributed by atoms with Gasteiger partial charge >= 0.3 is 0 Å². The summed E-state index contributed by atoms with van der Waals surface area (Å²) in [7, 11) is 1.86. The van der Waals surface area contributed by atoms with Crippen molar-refractivity contribution >= 4 is 10.8 Å². The van der Waals surface area contributed by atoms with E-state index in [0.29, 0.717) is 5.39 Å². The van der Waals surface area contributed by atoms with E-state index in [2.05, 4.69) is 23.0 Å². The molecule has 154 valence electrons. The predicted octanol–water partition coefficient (Wildman–Crippen LogP) is 3.63. The van der Waals surface area contributed by atoms with Gasteiger partial charge in [-0.3, -0.25) is 14.0 Å². The molecule has 2 aromatic heterocycles. The summed E-state index contributed by atoms with van der Waals surface area (Å²) in [5.41, 5.74) is 12.1. The molecule has 2 N–H and O–H groups in total. The van der Waals surface area contributed by atoms with Crippen molar-refractivity contribution in [2.24, 2.45) is 12.8 Å². The molecular weight excluding hydrogens is 384 g/mol. The minimum atomic E-state index is -0.261. The third-order valence-corrected chi connectivity index (χ3v) is 5.93. The molecule has 4 aromatic rings. The van der Waals surface area contributed by atoms with E-state index in [0.717, 1.165) is 47.2 Å². The second kappa shape index (κ2) is 7.57. The van der Waals surface area contributed by atoms with Gasteiger partial charge in [-0.05, 0) is 60.9 Å². The SMILES string of the molecule is CC(N)c1c2c3c(ccc(C#Cc4cnn(C)c4)c3c(=O)n1-c1ccccc1)CCC2. The number of nitrogens with zero attached hydrogens (tertiary/aromatic N) is 3. The summed E-state index contributed by atoms with van der Waals surface area (Å²) in [6.45, 7) is 1.96. The number of aromatic nitrogens is 3. The Hall–Kier alpha value is -3.62. The Morgan fingerprint density at radius 2 is 1.87 bits per heavy atom. The van der Waals surface area contributed by atoms with Crippen molar-refractivity contribution in [3.63, 3.8) is 0 Å². The normalized spacial score (nSPS) is 13.6. The molecule has 31 heavy (non-hydrogen) atoms. The van der Waals surface area contributed by atoms with Crippen molar-refractivity contribution in [2.45, 2.75) is 32.2 Å². The van der Waals surface area contributed by atoms with Crippen LogP contribution in [0.15, 0.2) is 59.7 Å². The van der Waals surface area contributed by atoms with E-state index in [1.807, 2.05) is 56.6 Å². The van der Waals surface area contributed by atoms with Gasteiger partial charge in [0.25, 0.3) is 5.56 Å². The van der Waals surface area contributed by atoms with Gasteiger partial charge in [0.1, 0.15) is 0 Å². The van der Waals surface area contributed by atoms with Crippen molar-refractivity contribution in [3.05, 3.63) is 93.2 Å². The average molecular weight is 409 g/mol. The number of pyridine rings is 1. The van der Waals surface area contributed by atoms with Crippen LogP contribution >= 0.6 is 0 Å². The Balaban J connectivity index is 1.88. The van der Waals surface area contributed by atoms with Crippen LogP contribution in [0.25, 0.3) is 16.5 Å². The topological polar surface area (TPSA) is 65.8 Å². The van der Waals surface area contributed by atoms with E-state index in [9.17, 15) is 4.79 Å². The van der Waals surface area contributed by atoms with Gasteiger partial charge in [-0.15, -0.1) is 0 Å². The molecule has 0 aliphatic heterocycles. The molecule has 0 radical (unpaired) electrons. The van der Waals surface area contributed by atoms with Crippen LogP contribution in [0.3, 0.4) is 0 Å². The predicted molar refractivity (Wildman–Crippen MR) is 123 cm³/mol. The van der Waals surface area contributed by atoms with Crippen LogP contribution in [-0.4, -0.2) is 14.3 Å². The third-order valence-electron chi connectivity index (χ3n) is 5.93. The van der Waals surface area contributed by atoms with Gasteiger partial charge in [0.15, 0.2) is 0 Å². The zero-order valence-electron chi connectivity index (χ0n) is 17.7. The molecule has 0 bridgehead atoms. The molecule has 1 unspecified atom stereocenters. The number of hydrogen-bond acceptors (Lipinski definition) is 3. The van der Waals surface area contributed by atoms with Gasteiger partial charge < -0.3 is 5.73 Å². The number of nitrogens with two attached hydrogens (primary N) is 1. The Bertz CT molecular complexity index is 1420. The van der Waals surface area contributed by atoms with Gasteiger partial charge in [0.2, 0.25) is 0 Å². The summed E-state index contributed by atoms with van der Waals surface area (Å²) >= 11 is 0. The van der Waals surface area contributed by atoms with Crippen LogP contribution in [0.4, 0.5) is 0 Å². The molecule has 2 aromatic carbocycles.